The van der Waals surface area contributed by atoms with Crippen molar-refractivity contribution < 1.29 is 18.7 Å². The fourth-order valence-electron chi connectivity index (χ4n) is 3.03. The fourth-order valence-corrected chi connectivity index (χ4v) is 3.03. The van der Waals surface area contributed by atoms with Gasteiger partial charge in [-0.25, -0.2) is 9.59 Å². The van der Waals surface area contributed by atoms with E-state index in [9.17, 15) is 9.59 Å². The highest BCUT2D eigenvalue weighted by atomic mass is 16.6. The van der Waals surface area contributed by atoms with Crippen LogP contribution in [-0.2, 0) is 9.47 Å². The lowest BCUT2D eigenvalue weighted by molar-refractivity contribution is -0.0209. The number of hydrogen-bond donors (Lipinski definition) is 0. The van der Waals surface area contributed by atoms with Crippen molar-refractivity contribution in [2.24, 2.45) is 0 Å². The lowest BCUT2D eigenvalue weighted by Gasteiger charge is -2.19. The number of para-hydroxylation sites is 1. The summed E-state index contributed by atoms with van der Waals surface area (Å²) in [6, 6.07) is 7.14. The Morgan fingerprint density at radius 1 is 1.23 bits per heavy atom. The van der Waals surface area contributed by atoms with Crippen LogP contribution in [0.2, 0.25) is 0 Å². The molecule has 0 amide bonds. The highest BCUT2D eigenvalue weighted by Crippen LogP contribution is 2.26. The number of benzene rings is 1. The second kappa shape index (κ2) is 5.93. The van der Waals surface area contributed by atoms with Crippen LogP contribution < -0.4 is 5.63 Å². The average molecular weight is 302 g/mol. The molecule has 0 spiro atoms. The molecule has 2 unspecified atom stereocenters. The van der Waals surface area contributed by atoms with Crippen molar-refractivity contribution >= 4 is 16.9 Å². The molecule has 1 aliphatic rings. The van der Waals surface area contributed by atoms with E-state index >= 15 is 0 Å². The maximum Gasteiger partial charge on any atom is 0.351 e. The first-order chi connectivity index (χ1) is 10.6. The Kier molecular flexibility index (Phi) is 3.98. The van der Waals surface area contributed by atoms with Crippen LogP contribution in [0.15, 0.2) is 33.5 Å². The van der Waals surface area contributed by atoms with Crippen molar-refractivity contribution in [2.45, 2.75) is 38.4 Å². The zero-order valence-electron chi connectivity index (χ0n) is 12.6. The largest absolute Gasteiger partial charge is 0.456 e. The third kappa shape index (κ3) is 2.52. The molecule has 1 aromatic heterocycles. The zero-order valence-corrected chi connectivity index (χ0v) is 12.6. The number of hydrogen-bond acceptors (Lipinski definition) is 5. The molecule has 5 heteroatoms. The van der Waals surface area contributed by atoms with Gasteiger partial charge in [-0.15, -0.1) is 0 Å². The van der Waals surface area contributed by atoms with E-state index in [1.807, 2.05) is 12.1 Å². The van der Waals surface area contributed by atoms with Crippen molar-refractivity contribution in [1.29, 1.82) is 0 Å². The number of ether oxygens (including phenoxy) is 2. The molecule has 5 nitrogen and oxygen atoms in total. The molecule has 1 heterocycles. The summed E-state index contributed by atoms with van der Waals surface area (Å²) < 4.78 is 16.0. The van der Waals surface area contributed by atoms with Gasteiger partial charge in [0.05, 0.1) is 6.10 Å². The number of carbonyl (C=O) groups is 1. The van der Waals surface area contributed by atoms with Gasteiger partial charge in [0.2, 0.25) is 0 Å². The summed E-state index contributed by atoms with van der Waals surface area (Å²) in [5, 5.41) is 0.740. The monoisotopic (exact) mass is 302 g/mol. The maximum absolute atomic E-state index is 12.4. The normalized spacial score (nSPS) is 21.2. The Balaban J connectivity index is 1.95. The van der Waals surface area contributed by atoms with Gasteiger partial charge in [0.25, 0.3) is 0 Å². The molecule has 1 aromatic carbocycles. The number of fused-ring (bicyclic) bond motifs is 1. The van der Waals surface area contributed by atoms with Crippen LogP contribution in [0.3, 0.4) is 0 Å². The van der Waals surface area contributed by atoms with E-state index in [-0.39, 0.29) is 17.8 Å². The van der Waals surface area contributed by atoms with E-state index in [1.54, 1.807) is 26.2 Å². The summed E-state index contributed by atoms with van der Waals surface area (Å²) in [7, 11) is 1.60. The Morgan fingerprint density at radius 2 is 1.95 bits per heavy atom. The molecule has 3 rings (SSSR count). The average Bonchev–Trinajstić information content (AvgIpc) is 2.94. The van der Waals surface area contributed by atoms with Gasteiger partial charge in [0.15, 0.2) is 0 Å². The summed E-state index contributed by atoms with van der Waals surface area (Å²) in [6.07, 6.45) is 2.16. The lowest BCUT2D eigenvalue weighted by Crippen LogP contribution is -2.30. The molecular weight excluding hydrogens is 284 g/mol. The van der Waals surface area contributed by atoms with Gasteiger partial charge in [0, 0.05) is 12.5 Å². The molecule has 0 aliphatic heterocycles. The molecule has 22 heavy (non-hydrogen) atoms. The van der Waals surface area contributed by atoms with Crippen LogP contribution in [0.1, 0.15) is 35.2 Å². The number of carbonyl (C=O) groups excluding carboxylic acids is 1. The van der Waals surface area contributed by atoms with Gasteiger partial charge < -0.3 is 13.9 Å². The summed E-state index contributed by atoms with van der Waals surface area (Å²) >= 11 is 0. The standard InChI is InChI=1S/C17H18O5/c1-10-11-6-3-4-7-12(11)21-16(18)15(10)17(19)22-14-9-5-8-13(14)20-2/h3-4,6-7,13-14H,5,8-9H2,1-2H3. The molecule has 2 aromatic rings. The number of methoxy groups -OCH3 is 1. The Labute approximate surface area is 127 Å². The van der Waals surface area contributed by atoms with Gasteiger partial charge in [-0.3, -0.25) is 0 Å². The Bertz CT molecular complexity index is 761. The second-order valence-electron chi connectivity index (χ2n) is 5.53. The molecule has 0 saturated heterocycles. The van der Waals surface area contributed by atoms with Crippen molar-refractivity contribution in [3.05, 3.63) is 45.8 Å². The quantitative estimate of drug-likeness (QED) is 0.644. The minimum atomic E-state index is -0.659. The minimum absolute atomic E-state index is 0.0274. The van der Waals surface area contributed by atoms with E-state index in [4.69, 9.17) is 13.9 Å². The summed E-state index contributed by atoms with van der Waals surface area (Å²) in [4.78, 5) is 24.5. The van der Waals surface area contributed by atoms with Gasteiger partial charge in [-0.1, -0.05) is 18.2 Å². The Morgan fingerprint density at radius 3 is 2.73 bits per heavy atom. The predicted molar refractivity (Wildman–Crippen MR) is 81.1 cm³/mol. The van der Waals surface area contributed by atoms with E-state index < -0.39 is 11.6 Å². The minimum Gasteiger partial charge on any atom is -0.456 e. The van der Waals surface area contributed by atoms with Crippen molar-refractivity contribution in [3.63, 3.8) is 0 Å². The van der Waals surface area contributed by atoms with Gasteiger partial charge in [-0.2, -0.15) is 0 Å². The molecule has 0 radical (unpaired) electrons. The van der Waals surface area contributed by atoms with Crippen molar-refractivity contribution in [3.8, 4) is 0 Å². The maximum atomic E-state index is 12.4. The second-order valence-corrected chi connectivity index (χ2v) is 5.53. The first-order valence-corrected chi connectivity index (χ1v) is 7.38. The fraction of sp³-hybridized carbons (Fsp3) is 0.412. The topological polar surface area (TPSA) is 65.7 Å². The molecule has 0 N–H and O–H groups in total. The molecule has 2 atom stereocenters. The lowest BCUT2D eigenvalue weighted by atomic mass is 10.1. The predicted octanol–water partition coefficient (Wildman–Crippen LogP) is 2.83. The van der Waals surface area contributed by atoms with Gasteiger partial charge in [0.1, 0.15) is 17.3 Å². The van der Waals surface area contributed by atoms with Crippen molar-refractivity contribution in [1.82, 2.24) is 0 Å². The number of esters is 1. The molecule has 0 bridgehead atoms. The third-order valence-electron chi connectivity index (χ3n) is 4.23. The Hall–Kier alpha value is -2.14. The van der Waals surface area contributed by atoms with Crippen LogP contribution in [0.25, 0.3) is 11.0 Å². The van der Waals surface area contributed by atoms with E-state index in [0.717, 1.165) is 24.6 Å². The van der Waals surface area contributed by atoms with Crippen LogP contribution >= 0.6 is 0 Å². The van der Waals surface area contributed by atoms with Crippen LogP contribution in [-0.4, -0.2) is 25.3 Å². The van der Waals surface area contributed by atoms with Crippen molar-refractivity contribution in [2.75, 3.05) is 7.11 Å². The van der Waals surface area contributed by atoms with Gasteiger partial charge >= 0.3 is 11.6 Å². The highest BCUT2D eigenvalue weighted by molar-refractivity contribution is 5.96. The SMILES string of the molecule is COC1CCCC1OC(=O)c1c(C)c2ccccc2oc1=O. The molecule has 116 valence electrons. The zero-order chi connectivity index (χ0) is 15.7. The number of aryl methyl sites for hydroxylation is 1. The van der Waals surface area contributed by atoms with Gasteiger partial charge in [-0.05, 0) is 37.8 Å². The molecule has 1 aliphatic carbocycles. The summed E-state index contributed by atoms with van der Waals surface area (Å²) in [6.45, 7) is 1.73. The highest BCUT2D eigenvalue weighted by Gasteiger charge is 2.32. The smallest absolute Gasteiger partial charge is 0.351 e. The third-order valence-corrected chi connectivity index (χ3v) is 4.23. The van der Waals surface area contributed by atoms with Crippen LogP contribution in [0, 0.1) is 6.92 Å². The number of rotatable bonds is 3. The van der Waals surface area contributed by atoms with E-state index in [2.05, 4.69) is 0 Å². The summed E-state index contributed by atoms with van der Waals surface area (Å²) in [5.74, 6) is -0.633. The van der Waals surface area contributed by atoms with E-state index in [0.29, 0.717) is 11.1 Å². The van der Waals surface area contributed by atoms with E-state index in [1.165, 1.54) is 0 Å². The summed E-state index contributed by atoms with van der Waals surface area (Å²) in [5.41, 5.74) is 0.370. The first kappa shape index (κ1) is 14.8. The molecule has 1 saturated carbocycles. The first-order valence-electron chi connectivity index (χ1n) is 7.38. The molecular formula is C17H18O5. The van der Waals surface area contributed by atoms with Crippen LogP contribution in [0.4, 0.5) is 0 Å². The molecule has 1 fully saturated rings. The van der Waals surface area contributed by atoms with Crippen LogP contribution in [0.5, 0.6) is 0 Å².